The van der Waals surface area contributed by atoms with Crippen molar-refractivity contribution in [1.82, 2.24) is 4.90 Å². The van der Waals surface area contributed by atoms with Gasteiger partial charge in [-0.3, -0.25) is 4.79 Å². The maximum absolute atomic E-state index is 11.3. The molecule has 4 nitrogen and oxygen atoms in total. The lowest BCUT2D eigenvalue weighted by Crippen LogP contribution is -2.22. The van der Waals surface area contributed by atoms with E-state index in [2.05, 4.69) is 0 Å². The smallest absolute Gasteiger partial charge is 0.335 e. The van der Waals surface area contributed by atoms with E-state index in [0.29, 0.717) is 6.54 Å². The van der Waals surface area contributed by atoms with Crippen LogP contribution in [0.2, 0.25) is 0 Å². The van der Waals surface area contributed by atoms with E-state index < -0.39 is 5.97 Å². The zero-order valence-electron chi connectivity index (χ0n) is 8.55. The fraction of sp³-hybridized carbons (Fsp3) is 0.273. The summed E-state index contributed by atoms with van der Waals surface area (Å²) < 4.78 is 0. The van der Waals surface area contributed by atoms with Crippen LogP contribution in [0.5, 0.6) is 0 Å². The van der Waals surface area contributed by atoms with Crippen molar-refractivity contribution in [3.05, 3.63) is 35.4 Å². The molecule has 1 fully saturated rings. The Morgan fingerprint density at radius 1 is 1.38 bits per heavy atom. The summed E-state index contributed by atoms with van der Waals surface area (Å²) in [5.74, 6) is -0.0918. The lowest BCUT2D eigenvalue weighted by Gasteiger charge is -2.14. The number of thioether (sulfide) groups is 1. The SMILES string of the molecule is O=C(O)c1ccc(CN2CCSC2=O)cc1. The van der Waals surface area contributed by atoms with Crippen LogP contribution in [-0.2, 0) is 6.54 Å². The number of rotatable bonds is 3. The van der Waals surface area contributed by atoms with E-state index in [4.69, 9.17) is 5.11 Å². The number of hydrogen-bond donors (Lipinski definition) is 1. The second-order valence-electron chi connectivity index (χ2n) is 3.54. The summed E-state index contributed by atoms with van der Waals surface area (Å²) in [4.78, 5) is 23.8. The van der Waals surface area contributed by atoms with Gasteiger partial charge in [-0.1, -0.05) is 23.9 Å². The van der Waals surface area contributed by atoms with Gasteiger partial charge in [0, 0.05) is 18.8 Å². The molecular weight excluding hydrogens is 226 g/mol. The zero-order valence-corrected chi connectivity index (χ0v) is 9.37. The topological polar surface area (TPSA) is 57.6 Å². The van der Waals surface area contributed by atoms with Gasteiger partial charge in [0.2, 0.25) is 0 Å². The summed E-state index contributed by atoms with van der Waals surface area (Å²) in [6.07, 6.45) is 0. The minimum atomic E-state index is -0.931. The van der Waals surface area contributed by atoms with Gasteiger partial charge in [-0.05, 0) is 17.7 Å². The lowest BCUT2D eigenvalue weighted by molar-refractivity contribution is 0.0697. The van der Waals surface area contributed by atoms with Gasteiger partial charge in [0.05, 0.1) is 5.56 Å². The van der Waals surface area contributed by atoms with Crippen LogP contribution in [0.3, 0.4) is 0 Å². The number of carboxylic acids is 1. The van der Waals surface area contributed by atoms with Crippen LogP contribution in [0, 0.1) is 0 Å². The molecule has 16 heavy (non-hydrogen) atoms. The number of nitrogens with zero attached hydrogens (tertiary/aromatic N) is 1. The van der Waals surface area contributed by atoms with E-state index in [9.17, 15) is 9.59 Å². The molecule has 0 saturated carbocycles. The highest BCUT2D eigenvalue weighted by Gasteiger charge is 2.20. The van der Waals surface area contributed by atoms with Crippen molar-refractivity contribution < 1.29 is 14.7 Å². The molecule has 0 aliphatic carbocycles. The van der Waals surface area contributed by atoms with E-state index in [-0.39, 0.29) is 10.8 Å². The van der Waals surface area contributed by atoms with E-state index in [1.54, 1.807) is 29.2 Å². The predicted molar refractivity (Wildman–Crippen MR) is 61.7 cm³/mol. The molecule has 0 radical (unpaired) electrons. The predicted octanol–water partition coefficient (Wildman–Crippen LogP) is 2.05. The number of benzene rings is 1. The first-order chi connectivity index (χ1) is 7.66. The first kappa shape index (κ1) is 11.0. The van der Waals surface area contributed by atoms with Gasteiger partial charge in [0.15, 0.2) is 0 Å². The van der Waals surface area contributed by atoms with Gasteiger partial charge in [-0.2, -0.15) is 0 Å². The largest absolute Gasteiger partial charge is 0.478 e. The van der Waals surface area contributed by atoms with Gasteiger partial charge in [-0.25, -0.2) is 4.79 Å². The lowest BCUT2D eigenvalue weighted by atomic mass is 10.1. The number of amides is 1. The van der Waals surface area contributed by atoms with E-state index in [0.717, 1.165) is 17.9 Å². The number of hydrogen-bond acceptors (Lipinski definition) is 3. The van der Waals surface area contributed by atoms with E-state index >= 15 is 0 Å². The summed E-state index contributed by atoms with van der Waals surface area (Å²) >= 11 is 1.33. The standard InChI is InChI=1S/C11H11NO3S/c13-10(14)9-3-1-8(2-4-9)7-12-5-6-16-11(12)15/h1-4H,5-7H2,(H,13,14). The summed E-state index contributed by atoms with van der Waals surface area (Å²) in [6, 6.07) is 6.62. The molecule has 0 spiro atoms. The molecule has 5 heteroatoms. The van der Waals surface area contributed by atoms with E-state index in [1.165, 1.54) is 11.8 Å². The number of carbonyl (C=O) groups excluding carboxylic acids is 1. The van der Waals surface area contributed by atoms with Crippen molar-refractivity contribution in [2.45, 2.75) is 6.54 Å². The Morgan fingerprint density at radius 2 is 2.06 bits per heavy atom. The molecule has 1 heterocycles. The van der Waals surface area contributed by atoms with Crippen LogP contribution in [0.1, 0.15) is 15.9 Å². The summed E-state index contributed by atoms with van der Waals surface area (Å²) in [6.45, 7) is 1.33. The molecular formula is C11H11NO3S. The second-order valence-corrected chi connectivity index (χ2v) is 4.58. The van der Waals surface area contributed by atoms with Crippen LogP contribution in [0.4, 0.5) is 4.79 Å². The molecule has 84 valence electrons. The monoisotopic (exact) mass is 237 g/mol. The molecule has 2 rings (SSSR count). The molecule has 1 aromatic rings. The molecule has 1 aliphatic heterocycles. The Labute approximate surface area is 97.3 Å². The van der Waals surface area contributed by atoms with Crippen molar-refractivity contribution in [2.75, 3.05) is 12.3 Å². The molecule has 0 aromatic heterocycles. The number of aromatic carboxylic acids is 1. The molecule has 1 aromatic carbocycles. The van der Waals surface area contributed by atoms with Crippen LogP contribution in [0.15, 0.2) is 24.3 Å². The summed E-state index contributed by atoms with van der Waals surface area (Å²) in [5, 5.41) is 8.83. The minimum absolute atomic E-state index is 0.0994. The zero-order chi connectivity index (χ0) is 11.5. The third-order valence-electron chi connectivity index (χ3n) is 2.42. The van der Waals surface area contributed by atoms with Crippen molar-refractivity contribution in [2.24, 2.45) is 0 Å². The maximum Gasteiger partial charge on any atom is 0.335 e. The van der Waals surface area contributed by atoms with Crippen molar-refractivity contribution in [3.63, 3.8) is 0 Å². The highest BCUT2D eigenvalue weighted by Crippen LogP contribution is 2.19. The van der Waals surface area contributed by atoms with Gasteiger partial charge >= 0.3 is 5.97 Å². The fourth-order valence-electron chi connectivity index (χ4n) is 1.54. The number of carboxylic acid groups (broad SMARTS) is 1. The second kappa shape index (κ2) is 4.57. The highest BCUT2D eigenvalue weighted by atomic mass is 32.2. The van der Waals surface area contributed by atoms with E-state index in [1.807, 2.05) is 0 Å². The average molecular weight is 237 g/mol. The first-order valence-electron chi connectivity index (χ1n) is 4.91. The highest BCUT2D eigenvalue weighted by molar-refractivity contribution is 8.13. The molecule has 1 N–H and O–H groups in total. The Bertz CT molecular complexity index is 416. The number of carbonyl (C=O) groups is 2. The van der Waals surface area contributed by atoms with Crippen molar-refractivity contribution in [1.29, 1.82) is 0 Å². The molecule has 1 saturated heterocycles. The normalized spacial score (nSPS) is 15.5. The summed E-state index contributed by atoms with van der Waals surface area (Å²) in [5.41, 5.74) is 1.23. The van der Waals surface area contributed by atoms with Gasteiger partial charge < -0.3 is 10.0 Å². The Kier molecular flexibility index (Phi) is 3.14. The van der Waals surface area contributed by atoms with Crippen LogP contribution in [0.25, 0.3) is 0 Å². The molecule has 0 unspecified atom stereocenters. The molecule has 0 atom stereocenters. The summed E-state index contributed by atoms with van der Waals surface area (Å²) in [7, 11) is 0. The third-order valence-corrected chi connectivity index (χ3v) is 3.31. The molecule has 1 amide bonds. The van der Waals surface area contributed by atoms with Gasteiger partial charge in [0.25, 0.3) is 5.24 Å². The average Bonchev–Trinajstić information content (AvgIpc) is 2.65. The third kappa shape index (κ3) is 2.36. The first-order valence-corrected chi connectivity index (χ1v) is 5.89. The Hall–Kier alpha value is -1.49. The maximum atomic E-state index is 11.3. The van der Waals surface area contributed by atoms with Crippen LogP contribution in [-0.4, -0.2) is 33.5 Å². The Balaban J connectivity index is 2.05. The molecule has 0 bridgehead atoms. The van der Waals surface area contributed by atoms with Crippen LogP contribution < -0.4 is 0 Å². The van der Waals surface area contributed by atoms with Crippen molar-refractivity contribution in [3.8, 4) is 0 Å². The molecule has 1 aliphatic rings. The quantitative estimate of drug-likeness (QED) is 0.874. The Morgan fingerprint density at radius 3 is 2.56 bits per heavy atom. The minimum Gasteiger partial charge on any atom is -0.478 e. The van der Waals surface area contributed by atoms with Gasteiger partial charge in [0.1, 0.15) is 0 Å². The van der Waals surface area contributed by atoms with Crippen LogP contribution >= 0.6 is 11.8 Å². The van der Waals surface area contributed by atoms with Gasteiger partial charge in [-0.15, -0.1) is 0 Å². The van der Waals surface area contributed by atoms with Crippen molar-refractivity contribution >= 4 is 23.0 Å². The fourth-order valence-corrected chi connectivity index (χ4v) is 2.37.